The minimum atomic E-state index is 0. The van der Waals surface area contributed by atoms with E-state index in [-0.39, 0.29) is 21.1 Å². The van der Waals surface area contributed by atoms with Crippen molar-refractivity contribution in [3.05, 3.63) is 58.3 Å². The molecule has 0 heterocycles. The minimum Gasteiger partial charge on any atom is -0.577 e. The van der Waals surface area contributed by atoms with Gasteiger partial charge in [-0.2, -0.15) is 25.1 Å². The van der Waals surface area contributed by atoms with E-state index in [1.807, 2.05) is 30.3 Å². The smallest absolute Gasteiger partial charge is 0 e. The molecule has 0 aliphatic rings. The Labute approximate surface area is 86.5 Å². The summed E-state index contributed by atoms with van der Waals surface area (Å²) in [6, 6.07) is 10.0. The normalized spacial score (nSPS) is 4.50. The first-order valence-electron chi connectivity index (χ1n) is 2.74. The van der Waals surface area contributed by atoms with E-state index in [0.29, 0.717) is 0 Å². The van der Waals surface area contributed by atoms with Gasteiger partial charge in [0, 0.05) is 21.1 Å². The fourth-order valence-corrected chi connectivity index (χ4v) is 0.321. The van der Waals surface area contributed by atoms with Crippen LogP contribution in [0.2, 0.25) is 0 Å². The second kappa shape index (κ2) is 48.6. The molecular formula is C7H10N2O2W-4. The Balaban J connectivity index is -0.0000000406. The molecule has 0 aliphatic carbocycles. The molecule has 0 saturated heterocycles. The van der Waals surface area contributed by atoms with Crippen LogP contribution in [-0.4, -0.2) is 0 Å². The van der Waals surface area contributed by atoms with Crippen molar-refractivity contribution < 1.29 is 21.1 Å². The van der Waals surface area contributed by atoms with Crippen molar-refractivity contribution in [2.24, 2.45) is 0 Å². The van der Waals surface area contributed by atoms with E-state index in [9.17, 15) is 0 Å². The van der Waals surface area contributed by atoms with E-state index in [1.54, 1.807) is 6.92 Å². The zero-order chi connectivity index (χ0) is 9.54. The van der Waals surface area contributed by atoms with Crippen molar-refractivity contribution >= 4 is 0 Å². The van der Waals surface area contributed by atoms with E-state index in [2.05, 4.69) is 6.92 Å². The van der Waals surface area contributed by atoms with Gasteiger partial charge >= 0.3 is 0 Å². The fourth-order valence-electron chi connectivity index (χ4n) is 0.321. The standard InChI is InChI=1S/C5H5.C2H5.2NO.W/c1-2-4-5-3-1;3*1-2;/h1-5H;1H2,2H3;;;/q4*-1;. The fraction of sp³-hybridized carbons (Fsp3) is 0.143. The molecule has 0 saturated carbocycles. The summed E-state index contributed by atoms with van der Waals surface area (Å²) < 4.78 is 0. The van der Waals surface area contributed by atoms with Crippen molar-refractivity contribution in [1.29, 1.82) is 0 Å². The summed E-state index contributed by atoms with van der Waals surface area (Å²) >= 11 is 0. The van der Waals surface area contributed by atoms with Crippen LogP contribution in [-0.2, 0) is 21.1 Å². The Morgan fingerprint density at radius 2 is 1.25 bits per heavy atom. The Kier molecular flexibility index (Phi) is 91.1. The quantitative estimate of drug-likeness (QED) is 0.682. The predicted octanol–water partition coefficient (Wildman–Crippen LogP) is 2.89. The Hall–Kier alpha value is -0.762. The van der Waals surface area contributed by atoms with Crippen LogP contribution < -0.4 is 0 Å². The number of rotatable bonds is 0. The maximum Gasteiger partial charge on any atom is 0 e. The molecule has 12 heavy (non-hydrogen) atoms. The second-order valence-corrected chi connectivity index (χ2v) is 0.962. The molecule has 0 atom stereocenters. The van der Waals surface area contributed by atoms with Crippen LogP contribution in [0.3, 0.4) is 0 Å². The average Bonchev–Trinajstić information content (AvgIpc) is 2.71. The molecule has 0 radical (unpaired) electrons. The van der Waals surface area contributed by atoms with Crippen LogP contribution in [0.5, 0.6) is 0 Å². The summed E-state index contributed by atoms with van der Waals surface area (Å²) in [7, 11) is 0. The number of nitroso groups, excluding NO2 is 2. The van der Waals surface area contributed by atoms with Gasteiger partial charge in [0.2, 0.25) is 0 Å². The Morgan fingerprint density at radius 1 is 1.00 bits per heavy atom. The molecule has 70 valence electrons. The summed E-state index contributed by atoms with van der Waals surface area (Å²) in [6.45, 7) is 5.00. The third kappa shape index (κ3) is 34.9. The number of hydrogen-bond donors (Lipinski definition) is 0. The first kappa shape index (κ1) is 22.5. The monoisotopic (exact) mass is 338 g/mol. The summed E-state index contributed by atoms with van der Waals surface area (Å²) in [5.74, 6) is 0. The molecule has 0 unspecified atom stereocenters. The molecule has 0 fully saturated rings. The van der Waals surface area contributed by atoms with Crippen molar-refractivity contribution in [1.82, 2.24) is 0 Å². The van der Waals surface area contributed by atoms with Crippen LogP contribution in [0.25, 0.3) is 11.2 Å². The molecular weight excluding hydrogens is 328 g/mol. The summed E-state index contributed by atoms with van der Waals surface area (Å²) in [4.78, 5) is 14.5. The number of hydrogen-bond acceptors (Lipinski definition) is 2. The molecule has 4 nitrogen and oxygen atoms in total. The van der Waals surface area contributed by atoms with Gasteiger partial charge in [0.15, 0.2) is 0 Å². The Bertz CT molecular complexity index is 94.9. The first-order chi connectivity index (χ1) is 5.50. The molecule has 1 aromatic carbocycles. The van der Waals surface area contributed by atoms with Gasteiger partial charge in [-0.3, -0.25) is 0 Å². The molecule has 0 bridgehead atoms. The summed E-state index contributed by atoms with van der Waals surface area (Å²) in [5.41, 5.74) is 11.5. The molecule has 0 spiro atoms. The minimum absolute atomic E-state index is 0. The van der Waals surface area contributed by atoms with Crippen molar-refractivity contribution in [2.45, 2.75) is 6.92 Å². The third-order valence-corrected chi connectivity index (χ3v) is 0.556. The van der Waals surface area contributed by atoms with Gasteiger partial charge in [-0.15, -0.1) is 0 Å². The maximum atomic E-state index is 7.25. The second-order valence-electron chi connectivity index (χ2n) is 0.962. The van der Waals surface area contributed by atoms with Gasteiger partial charge in [0.25, 0.3) is 0 Å². The van der Waals surface area contributed by atoms with Crippen LogP contribution in [0.4, 0.5) is 0 Å². The van der Waals surface area contributed by atoms with Gasteiger partial charge in [-0.05, 0) is 0 Å². The molecule has 5 heteroatoms. The van der Waals surface area contributed by atoms with Crippen LogP contribution in [0.15, 0.2) is 30.3 Å². The largest absolute Gasteiger partial charge is 0.577 e. The van der Waals surface area contributed by atoms with Crippen LogP contribution >= 0.6 is 0 Å². The van der Waals surface area contributed by atoms with E-state index in [1.165, 1.54) is 0 Å². The van der Waals surface area contributed by atoms with Gasteiger partial charge in [-0.25, -0.2) is 12.1 Å². The molecule has 0 amide bonds. The molecule has 0 aromatic heterocycles. The molecule has 1 aromatic rings. The van der Waals surface area contributed by atoms with E-state index < -0.39 is 0 Å². The van der Waals surface area contributed by atoms with Gasteiger partial charge in [0.05, 0.1) is 0 Å². The SMILES string of the molecule is [CH2-]C.[N-]=O.[N-]=O.[W].c1cc[cH-]c1. The van der Waals surface area contributed by atoms with Gasteiger partial charge in [-0.1, -0.05) is 0 Å². The maximum absolute atomic E-state index is 7.25. The topological polar surface area (TPSA) is 78.7 Å². The van der Waals surface area contributed by atoms with Crippen molar-refractivity contribution in [3.63, 3.8) is 0 Å². The van der Waals surface area contributed by atoms with Crippen LogP contribution in [0, 0.1) is 16.7 Å². The van der Waals surface area contributed by atoms with E-state index in [0.717, 1.165) is 0 Å². The Morgan fingerprint density at radius 3 is 1.33 bits per heavy atom. The van der Waals surface area contributed by atoms with Gasteiger partial charge < -0.3 is 27.9 Å². The zero-order valence-electron chi connectivity index (χ0n) is 6.71. The van der Waals surface area contributed by atoms with E-state index in [4.69, 9.17) is 21.0 Å². The van der Waals surface area contributed by atoms with Crippen LogP contribution in [0.1, 0.15) is 6.92 Å². The zero-order valence-corrected chi connectivity index (χ0v) is 9.65. The van der Waals surface area contributed by atoms with E-state index >= 15 is 0 Å². The average molecular weight is 338 g/mol. The molecule has 1 rings (SSSR count). The van der Waals surface area contributed by atoms with Gasteiger partial charge in [0.1, 0.15) is 0 Å². The predicted molar refractivity (Wildman–Crippen MR) is 46.5 cm³/mol. The summed E-state index contributed by atoms with van der Waals surface area (Å²) in [5, 5.41) is 0. The van der Waals surface area contributed by atoms with Crippen molar-refractivity contribution in [3.8, 4) is 0 Å². The first-order valence-corrected chi connectivity index (χ1v) is 2.74. The number of nitrogens with zero attached hydrogens (tertiary/aromatic N) is 2. The molecule has 0 aliphatic heterocycles. The van der Waals surface area contributed by atoms with Crippen molar-refractivity contribution in [2.75, 3.05) is 0 Å². The summed E-state index contributed by atoms with van der Waals surface area (Å²) in [6.07, 6.45) is 0. The molecule has 0 N–H and O–H groups in total. The third-order valence-electron chi connectivity index (χ3n) is 0.556.